The second kappa shape index (κ2) is 6.90. The van der Waals surface area contributed by atoms with Crippen LogP contribution in [0, 0.1) is 6.92 Å². The van der Waals surface area contributed by atoms with Crippen molar-refractivity contribution < 1.29 is 0 Å². The molecule has 0 bridgehead atoms. The van der Waals surface area contributed by atoms with E-state index in [1.54, 1.807) is 0 Å². The Labute approximate surface area is 164 Å². The van der Waals surface area contributed by atoms with Crippen LogP contribution in [-0.2, 0) is 6.42 Å². The number of benzene rings is 4. The molecule has 0 unspecified atom stereocenters. The molecule has 0 radical (unpaired) electrons. The summed E-state index contributed by atoms with van der Waals surface area (Å²) in [6, 6.07) is 31.7. The van der Waals surface area contributed by atoms with Crippen molar-refractivity contribution in [2.75, 3.05) is 0 Å². The van der Waals surface area contributed by atoms with E-state index in [0.29, 0.717) is 0 Å². The Bertz CT molecular complexity index is 1270. The van der Waals surface area contributed by atoms with Gasteiger partial charge in [-0.2, -0.15) is 0 Å². The van der Waals surface area contributed by atoms with E-state index in [9.17, 15) is 0 Å². The summed E-state index contributed by atoms with van der Waals surface area (Å²) in [6.45, 7) is 2.10. The Morgan fingerprint density at radius 1 is 0.643 bits per heavy atom. The van der Waals surface area contributed by atoms with Crippen molar-refractivity contribution in [3.05, 3.63) is 108 Å². The summed E-state index contributed by atoms with van der Waals surface area (Å²) < 4.78 is 0. The van der Waals surface area contributed by atoms with Gasteiger partial charge in [-0.25, -0.2) is 9.97 Å². The van der Waals surface area contributed by atoms with Crippen molar-refractivity contribution in [3.8, 4) is 11.4 Å². The number of rotatable bonds is 3. The zero-order valence-corrected chi connectivity index (χ0v) is 15.8. The lowest BCUT2D eigenvalue weighted by Crippen LogP contribution is -2.00. The first-order valence-corrected chi connectivity index (χ1v) is 9.57. The van der Waals surface area contributed by atoms with Crippen molar-refractivity contribution in [2.24, 2.45) is 0 Å². The molecule has 5 rings (SSSR count). The third kappa shape index (κ3) is 3.03. The monoisotopic (exact) mass is 360 g/mol. The van der Waals surface area contributed by atoms with Gasteiger partial charge in [0.2, 0.25) is 0 Å². The normalized spacial score (nSPS) is 11.2. The Morgan fingerprint density at radius 3 is 2.21 bits per heavy atom. The van der Waals surface area contributed by atoms with Crippen LogP contribution in [-0.4, -0.2) is 9.97 Å². The van der Waals surface area contributed by atoms with E-state index < -0.39 is 0 Å². The van der Waals surface area contributed by atoms with E-state index in [2.05, 4.69) is 91.9 Å². The number of aromatic nitrogens is 2. The van der Waals surface area contributed by atoms with Crippen molar-refractivity contribution >= 4 is 21.7 Å². The lowest BCUT2D eigenvalue weighted by Gasteiger charge is -2.11. The van der Waals surface area contributed by atoms with E-state index in [1.807, 2.05) is 6.07 Å². The third-order valence-electron chi connectivity index (χ3n) is 5.19. The number of hydrogen-bond donors (Lipinski definition) is 0. The molecule has 2 nitrogen and oxygen atoms in total. The number of fused-ring (bicyclic) bond motifs is 3. The molecule has 1 aromatic heterocycles. The average molecular weight is 360 g/mol. The van der Waals surface area contributed by atoms with Crippen LogP contribution < -0.4 is 0 Å². The van der Waals surface area contributed by atoms with Crippen LogP contribution in [0.3, 0.4) is 0 Å². The van der Waals surface area contributed by atoms with Crippen LogP contribution in [0.5, 0.6) is 0 Å². The first-order chi connectivity index (χ1) is 13.8. The molecular weight excluding hydrogens is 340 g/mol. The molecule has 0 atom stereocenters. The molecule has 0 aliphatic carbocycles. The highest BCUT2D eigenvalue weighted by Crippen LogP contribution is 2.29. The summed E-state index contributed by atoms with van der Waals surface area (Å²) in [4.78, 5) is 9.99. The Hall–Kier alpha value is -3.52. The molecule has 1 heterocycles. The van der Waals surface area contributed by atoms with Gasteiger partial charge in [0.15, 0.2) is 5.82 Å². The second-order valence-electron chi connectivity index (χ2n) is 7.21. The van der Waals surface area contributed by atoms with Gasteiger partial charge in [0.25, 0.3) is 0 Å². The van der Waals surface area contributed by atoms with Crippen LogP contribution >= 0.6 is 0 Å². The first kappa shape index (κ1) is 16.6. The molecule has 0 saturated carbocycles. The average Bonchev–Trinajstić information content (AvgIpc) is 2.75. The summed E-state index contributed by atoms with van der Waals surface area (Å²) >= 11 is 0. The summed E-state index contributed by atoms with van der Waals surface area (Å²) in [5, 5.41) is 3.50. The number of aryl methyl sites for hydroxylation is 1. The van der Waals surface area contributed by atoms with E-state index in [4.69, 9.17) is 9.97 Å². The quantitative estimate of drug-likeness (QED) is 0.350. The smallest absolute Gasteiger partial charge is 0.160 e. The van der Waals surface area contributed by atoms with Crippen LogP contribution in [0.15, 0.2) is 91.0 Å². The molecule has 0 aliphatic rings. The number of hydrogen-bond acceptors (Lipinski definition) is 2. The predicted molar refractivity (Wildman–Crippen MR) is 116 cm³/mol. The molecule has 0 N–H and O–H groups in total. The van der Waals surface area contributed by atoms with Crippen molar-refractivity contribution in [3.63, 3.8) is 0 Å². The van der Waals surface area contributed by atoms with Gasteiger partial charge in [0, 0.05) is 22.8 Å². The highest BCUT2D eigenvalue weighted by atomic mass is 14.9. The second-order valence-corrected chi connectivity index (χ2v) is 7.21. The first-order valence-electron chi connectivity index (χ1n) is 9.57. The molecule has 28 heavy (non-hydrogen) atoms. The van der Waals surface area contributed by atoms with Crippen molar-refractivity contribution in [1.82, 2.24) is 9.97 Å². The Balaban J connectivity index is 1.78. The summed E-state index contributed by atoms with van der Waals surface area (Å²) in [5.41, 5.74) is 5.63. The van der Waals surface area contributed by atoms with Crippen molar-refractivity contribution in [1.29, 1.82) is 0 Å². The minimum Gasteiger partial charge on any atom is -0.232 e. The summed E-state index contributed by atoms with van der Waals surface area (Å²) in [6.07, 6.45) is 0.789. The van der Waals surface area contributed by atoms with Crippen LogP contribution in [0.4, 0.5) is 0 Å². The van der Waals surface area contributed by atoms with Gasteiger partial charge < -0.3 is 0 Å². The summed E-state index contributed by atoms with van der Waals surface area (Å²) in [5.74, 6) is 0.787. The predicted octanol–water partition coefficient (Wildman–Crippen LogP) is 6.35. The SMILES string of the molecule is Cc1ccc(-c2nc(Cc3ccccc3)c3ccc4ccccc4c3n2)cc1. The lowest BCUT2D eigenvalue weighted by atomic mass is 10.0. The van der Waals surface area contributed by atoms with Gasteiger partial charge in [0.1, 0.15) is 0 Å². The zero-order valence-electron chi connectivity index (χ0n) is 15.8. The van der Waals surface area contributed by atoms with Crippen LogP contribution in [0.25, 0.3) is 33.1 Å². The minimum atomic E-state index is 0.787. The Kier molecular flexibility index (Phi) is 4.10. The fraction of sp³-hybridized carbons (Fsp3) is 0.0769. The zero-order chi connectivity index (χ0) is 18.9. The third-order valence-corrected chi connectivity index (χ3v) is 5.19. The van der Waals surface area contributed by atoms with E-state index in [1.165, 1.54) is 21.9 Å². The Morgan fingerprint density at radius 2 is 1.39 bits per heavy atom. The maximum atomic E-state index is 4.99. The van der Waals surface area contributed by atoms with Gasteiger partial charge >= 0.3 is 0 Å². The van der Waals surface area contributed by atoms with E-state index >= 15 is 0 Å². The molecule has 134 valence electrons. The minimum absolute atomic E-state index is 0.787. The molecule has 0 saturated heterocycles. The van der Waals surface area contributed by atoms with Gasteiger partial charge in [-0.15, -0.1) is 0 Å². The largest absolute Gasteiger partial charge is 0.232 e. The van der Waals surface area contributed by atoms with Gasteiger partial charge in [-0.05, 0) is 17.9 Å². The van der Waals surface area contributed by atoms with Crippen molar-refractivity contribution in [2.45, 2.75) is 13.3 Å². The van der Waals surface area contributed by atoms with E-state index in [-0.39, 0.29) is 0 Å². The highest BCUT2D eigenvalue weighted by molar-refractivity contribution is 6.06. The highest BCUT2D eigenvalue weighted by Gasteiger charge is 2.12. The topological polar surface area (TPSA) is 25.8 Å². The molecule has 4 aromatic carbocycles. The van der Waals surface area contributed by atoms with Crippen LogP contribution in [0.1, 0.15) is 16.8 Å². The molecular formula is C26H20N2. The fourth-order valence-electron chi connectivity index (χ4n) is 3.68. The molecule has 0 spiro atoms. The fourth-order valence-corrected chi connectivity index (χ4v) is 3.68. The maximum Gasteiger partial charge on any atom is 0.160 e. The van der Waals surface area contributed by atoms with Gasteiger partial charge in [0.05, 0.1) is 11.2 Å². The van der Waals surface area contributed by atoms with Gasteiger partial charge in [-0.3, -0.25) is 0 Å². The van der Waals surface area contributed by atoms with E-state index in [0.717, 1.165) is 34.4 Å². The molecule has 5 aromatic rings. The maximum absolute atomic E-state index is 4.99. The molecule has 0 fully saturated rings. The van der Waals surface area contributed by atoms with Crippen LogP contribution in [0.2, 0.25) is 0 Å². The standard InChI is InChI=1S/C26H20N2/c1-18-11-13-21(14-12-18)26-27-24(17-19-7-3-2-4-8-19)23-16-15-20-9-5-6-10-22(20)25(23)28-26/h2-16H,17H2,1H3. The number of nitrogens with zero attached hydrogens (tertiary/aromatic N) is 2. The molecule has 0 amide bonds. The summed E-state index contributed by atoms with van der Waals surface area (Å²) in [7, 11) is 0. The molecule has 0 aliphatic heterocycles. The lowest BCUT2D eigenvalue weighted by molar-refractivity contribution is 1.07. The van der Waals surface area contributed by atoms with Gasteiger partial charge in [-0.1, -0.05) is 96.6 Å². The molecule has 2 heteroatoms.